The molecule has 1 aromatic carbocycles. The number of fused-ring (bicyclic) bond motifs is 1. The van der Waals surface area contributed by atoms with Gasteiger partial charge >= 0.3 is 0 Å². The largest absolute Gasteiger partial charge is 0.360 e. The van der Waals surface area contributed by atoms with Crippen molar-refractivity contribution in [2.75, 3.05) is 5.32 Å². The monoisotopic (exact) mass is 420 g/mol. The lowest BCUT2D eigenvalue weighted by Crippen LogP contribution is -1.91. The molecule has 0 aliphatic heterocycles. The predicted octanol–water partition coefficient (Wildman–Crippen LogP) is 5.92. The number of anilines is 2. The minimum absolute atomic E-state index is 0. The van der Waals surface area contributed by atoms with Gasteiger partial charge in [-0.15, -0.1) is 23.7 Å². The summed E-state index contributed by atoms with van der Waals surface area (Å²) in [5, 5.41) is 7.38. The van der Waals surface area contributed by atoms with Crippen LogP contribution in [0.2, 0.25) is 0 Å². The van der Waals surface area contributed by atoms with E-state index in [2.05, 4.69) is 48.7 Å². The molecule has 4 aromatic rings. The van der Waals surface area contributed by atoms with Gasteiger partial charge in [0.25, 0.3) is 0 Å². The van der Waals surface area contributed by atoms with Crippen molar-refractivity contribution >= 4 is 61.4 Å². The standard InChI is InChI=1S/C17H13BrN4S.ClH/c1-10-2-4-12(7-19-10)21-17-22-16(9-23-17)14-8-20-15-5-3-11(18)6-13(14)15;/h2-9,20H,1H3,(H,21,22);1H. The number of rotatable bonds is 3. The van der Waals surface area contributed by atoms with Crippen molar-refractivity contribution in [2.45, 2.75) is 6.92 Å². The van der Waals surface area contributed by atoms with E-state index in [0.29, 0.717) is 0 Å². The van der Waals surface area contributed by atoms with Crippen LogP contribution in [0, 0.1) is 6.92 Å². The van der Waals surface area contributed by atoms with Crippen molar-refractivity contribution in [3.63, 3.8) is 0 Å². The molecule has 0 fully saturated rings. The summed E-state index contributed by atoms with van der Waals surface area (Å²) in [6.07, 6.45) is 3.82. The van der Waals surface area contributed by atoms with Gasteiger partial charge in [-0.2, -0.15) is 0 Å². The molecule has 24 heavy (non-hydrogen) atoms. The Morgan fingerprint density at radius 1 is 1.21 bits per heavy atom. The van der Waals surface area contributed by atoms with Gasteiger partial charge in [0.15, 0.2) is 5.13 Å². The third-order valence-corrected chi connectivity index (χ3v) is 4.84. The molecule has 0 saturated heterocycles. The molecule has 0 aliphatic carbocycles. The average Bonchev–Trinajstić information content (AvgIpc) is 3.15. The number of halogens is 2. The predicted molar refractivity (Wildman–Crippen MR) is 107 cm³/mol. The number of nitrogens with zero attached hydrogens (tertiary/aromatic N) is 2. The molecular weight excluding hydrogens is 408 g/mol. The van der Waals surface area contributed by atoms with Gasteiger partial charge < -0.3 is 10.3 Å². The van der Waals surface area contributed by atoms with E-state index in [0.717, 1.165) is 43.1 Å². The maximum Gasteiger partial charge on any atom is 0.187 e. The molecule has 4 nitrogen and oxygen atoms in total. The highest BCUT2D eigenvalue weighted by Crippen LogP contribution is 2.33. The molecule has 4 rings (SSSR count). The van der Waals surface area contributed by atoms with E-state index in [1.807, 2.05) is 37.5 Å². The Bertz CT molecular complexity index is 978. The lowest BCUT2D eigenvalue weighted by Gasteiger charge is -2.01. The van der Waals surface area contributed by atoms with Gasteiger partial charge in [-0.1, -0.05) is 15.9 Å². The summed E-state index contributed by atoms with van der Waals surface area (Å²) >= 11 is 5.11. The lowest BCUT2D eigenvalue weighted by atomic mass is 10.1. The van der Waals surface area contributed by atoms with Crippen molar-refractivity contribution in [3.8, 4) is 11.3 Å². The second-order valence-corrected chi connectivity index (χ2v) is 7.02. The summed E-state index contributed by atoms with van der Waals surface area (Å²) in [5.41, 5.74) is 5.11. The van der Waals surface area contributed by atoms with Crippen LogP contribution in [0.1, 0.15) is 5.69 Å². The molecule has 7 heteroatoms. The number of hydrogen-bond donors (Lipinski definition) is 2. The Hall–Kier alpha value is -1.89. The SMILES string of the molecule is Cc1ccc(Nc2nc(-c3c[nH]c4ccc(Br)cc34)cs2)cn1.Cl. The molecule has 122 valence electrons. The maximum atomic E-state index is 4.69. The van der Waals surface area contributed by atoms with E-state index in [-0.39, 0.29) is 12.4 Å². The highest BCUT2D eigenvalue weighted by atomic mass is 79.9. The Kier molecular flexibility index (Phi) is 4.89. The summed E-state index contributed by atoms with van der Waals surface area (Å²) < 4.78 is 1.06. The van der Waals surface area contributed by atoms with Crippen LogP contribution in [0.4, 0.5) is 10.8 Å². The van der Waals surface area contributed by atoms with Gasteiger partial charge in [0.1, 0.15) is 0 Å². The van der Waals surface area contributed by atoms with E-state index in [9.17, 15) is 0 Å². The van der Waals surface area contributed by atoms with Crippen LogP contribution < -0.4 is 5.32 Å². The Morgan fingerprint density at radius 3 is 2.88 bits per heavy atom. The number of aryl methyl sites for hydroxylation is 1. The molecule has 2 N–H and O–H groups in total. The zero-order valence-corrected chi connectivity index (χ0v) is 15.9. The zero-order chi connectivity index (χ0) is 15.8. The Morgan fingerprint density at radius 2 is 2.08 bits per heavy atom. The number of pyridine rings is 1. The van der Waals surface area contributed by atoms with Crippen molar-refractivity contribution < 1.29 is 0 Å². The quantitative estimate of drug-likeness (QED) is 0.431. The minimum atomic E-state index is 0. The van der Waals surface area contributed by atoms with Crippen LogP contribution in [0.15, 0.2) is 52.6 Å². The topological polar surface area (TPSA) is 53.6 Å². The number of thiazole rings is 1. The molecule has 0 atom stereocenters. The van der Waals surface area contributed by atoms with E-state index in [1.54, 1.807) is 11.3 Å². The summed E-state index contributed by atoms with van der Waals surface area (Å²) in [7, 11) is 0. The Labute approximate surface area is 157 Å². The third-order valence-electron chi connectivity index (χ3n) is 3.59. The van der Waals surface area contributed by atoms with Crippen LogP contribution in [0.3, 0.4) is 0 Å². The van der Waals surface area contributed by atoms with Gasteiger partial charge in [-0.25, -0.2) is 4.98 Å². The minimum Gasteiger partial charge on any atom is -0.360 e. The van der Waals surface area contributed by atoms with Crippen molar-refractivity contribution in [3.05, 3.63) is 58.3 Å². The zero-order valence-electron chi connectivity index (χ0n) is 12.7. The highest BCUT2D eigenvalue weighted by Gasteiger charge is 2.10. The van der Waals surface area contributed by atoms with Gasteiger partial charge in [0, 0.05) is 38.2 Å². The number of H-pyrrole nitrogens is 1. The number of aromatic amines is 1. The smallest absolute Gasteiger partial charge is 0.187 e. The van der Waals surface area contributed by atoms with Gasteiger partial charge in [-0.05, 0) is 37.3 Å². The fraction of sp³-hybridized carbons (Fsp3) is 0.0588. The molecule has 0 radical (unpaired) electrons. The summed E-state index contributed by atoms with van der Waals surface area (Å²) in [6, 6.07) is 10.2. The fourth-order valence-electron chi connectivity index (χ4n) is 2.42. The first kappa shape index (κ1) is 17.0. The number of benzene rings is 1. The first-order valence-electron chi connectivity index (χ1n) is 7.11. The van der Waals surface area contributed by atoms with Crippen LogP contribution in [-0.4, -0.2) is 15.0 Å². The fourth-order valence-corrected chi connectivity index (χ4v) is 3.52. The molecule has 0 spiro atoms. The summed E-state index contributed by atoms with van der Waals surface area (Å²) in [5.74, 6) is 0. The highest BCUT2D eigenvalue weighted by molar-refractivity contribution is 9.10. The number of aromatic nitrogens is 3. The van der Waals surface area contributed by atoms with E-state index < -0.39 is 0 Å². The van der Waals surface area contributed by atoms with E-state index in [1.165, 1.54) is 0 Å². The van der Waals surface area contributed by atoms with Crippen molar-refractivity contribution in [1.82, 2.24) is 15.0 Å². The summed E-state index contributed by atoms with van der Waals surface area (Å²) in [6.45, 7) is 1.97. The molecular formula is C17H14BrClN4S. The molecule has 0 unspecified atom stereocenters. The molecule has 0 bridgehead atoms. The van der Waals surface area contributed by atoms with Crippen LogP contribution in [-0.2, 0) is 0 Å². The average molecular weight is 422 g/mol. The lowest BCUT2D eigenvalue weighted by molar-refractivity contribution is 1.20. The first-order chi connectivity index (χ1) is 11.2. The van der Waals surface area contributed by atoms with Crippen molar-refractivity contribution in [1.29, 1.82) is 0 Å². The van der Waals surface area contributed by atoms with E-state index in [4.69, 9.17) is 4.98 Å². The number of hydrogen-bond acceptors (Lipinski definition) is 4. The van der Waals surface area contributed by atoms with E-state index >= 15 is 0 Å². The van der Waals surface area contributed by atoms with Gasteiger partial charge in [-0.3, -0.25) is 4.98 Å². The molecule has 3 aromatic heterocycles. The Balaban J connectivity index is 0.00000169. The first-order valence-corrected chi connectivity index (χ1v) is 8.78. The van der Waals surface area contributed by atoms with Gasteiger partial charge in [0.2, 0.25) is 0 Å². The van der Waals surface area contributed by atoms with Crippen LogP contribution in [0.25, 0.3) is 22.2 Å². The molecule has 0 saturated carbocycles. The molecule has 3 heterocycles. The summed E-state index contributed by atoms with van der Waals surface area (Å²) in [4.78, 5) is 12.3. The number of nitrogens with one attached hydrogen (secondary N) is 2. The maximum absolute atomic E-state index is 4.69. The third kappa shape index (κ3) is 3.31. The molecule has 0 amide bonds. The normalized spacial score (nSPS) is 10.6. The second-order valence-electron chi connectivity index (χ2n) is 5.24. The molecule has 0 aliphatic rings. The van der Waals surface area contributed by atoms with Crippen molar-refractivity contribution in [2.24, 2.45) is 0 Å². The van der Waals surface area contributed by atoms with Crippen LogP contribution in [0.5, 0.6) is 0 Å². The van der Waals surface area contributed by atoms with Gasteiger partial charge in [0.05, 0.1) is 17.6 Å². The second kappa shape index (κ2) is 6.93. The van der Waals surface area contributed by atoms with Crippen LogP contribution >= 0.6 is 39.7 Å².